The Labute approximate surface area is 201 Å². The molecule has 32 heavy (non-hydrogen) atoms. The van der Waals surface area contributed by atoms with Gasteiger partial charge in [-0.25, -0.2) is 4.99 Å². The summed E-state index contributed by atoms with van der Waals surface area (Å²) in [6.45, 7) is 4.38. The third-order valence-electron chi connectivity index (χ3n) is 4.63. The number of hydrogen-bond acceptors (Lipinski definition) is 4. The van der Waals surface area contributed by atoms with E-state index in [1.165, 1.54) is 11.8 Å². The predicted molar refractivity (Wildman–Crippen MR) is 134 cm³/mol. The molecule has 162 valence electrons. The molecular weight excluding hydrogens is 463 g/mol. The van der Waals surface area contributed by atoms with Crippen LogP contribution in [0, 0.1) is 13.8 Å². The summed E-state index contributed by atoms with van der Waals surface area (Å²) in [7, 11) is 0. The number of amides is 1. The van der Waals surface area contributed by atoms with Crippen molar-refractivity contribution in [2.45, 2.75) is 20.5 Å². The first-order valence-corrected chi connectivity index (χ1v) is 11.5. The minimum absolute atomic E-state index is 0.209. The molecule has 0 radical (unpaired) electrons. The van der Waals surface area contributed by atoms with Gasteiger partial charge < -0.3 is 10.1 Å². The summed E-state index contributed by atoms with van der Waals surface area (Å²) >= 11 is 13.6. The minimum Gasteiger partial charge on any atom is -0.488 e. The predicted octanol–water partition coefficient (Wildman–Crippen LogP) is 7.08. The van der Waals surface area contributed by atoms with E-state index in [0.29, 0.717) is 38.0 Å². The van der Waals surface area contributed by atoms with Crippen LogP contribution >= 0.6 is 35.0 Å². The second kappa shape index (κ2) is 9.82. The standard InChI is InChI=1S/C25H20Cl2N2O2S/c1-15-8-16(2)10-21(9-15)28-25-29-24(30)23(32-25)13-18-12-20(27)6-7-22(18)31-14-17-4-3-5-19(26)11-17/h3-13H,14H2,1-2H3,(H,28,29,30)/b23-13-. The van der Waals surface area contributed by atoms with Gasteiger partial charge in [0.15, 0.2) is 5.17 Å². The van der Waals surface area contributed by atoms with Crippen LogP contribution < -0.4 is 10.1 Å². The van der Waals surface area contributed by atoms with Gasteiger partial charge in [0.2, 0.25) is 0 Å². The smallest absolute Gasteiger partial charge is 0.264 e. The van der Waals surface area contributed by atoms with Gasteiger partial charge >= 0.3 is 0 Å². The van der Waals surface area contributed by atoms with Crippen LogP contribution in [0.4, 0.5) is 5.69 Å². The van der Waals surface area contributed by atoms with Crippen LogP contribution in [0.25, 0.3) is 6.08 Å². The summed E-state index contributed by atoms with van der Waals surface area (Å²) in [5, 5.41) is 4.57. The van der Waals surface area contributed by atoms with Crippen LogP contribution in [0.1, 0.15) is 22.3 Å². The van der Waals surface area contributed by atoms with E-state index in [9.17, 15) is 4.79 Å². The molecule has 3 aromatic rings. The lowest BCUT2D eigenvalue weighted by Crippen LogP contribution is -2.19. The molecule has 0 aliphatic carbocycles. The van der Waals surface area contributed by atoms with Gasteiger partial charge in [-0.05, 0) is 90.8 Å². The van der Waals surface area contributed by atoms with Crippen molar-refractivity contribution in [1.29, 1.82) is 0 Å². The van der Waals surface area contributed by atoms with Crippen LogP contribution in [0.15, 0.2) is 70.6 Å². The fraction of sp³-hybridized carbons (Fsp3) is 0.120. The molecule has 3 aromatic carbocycles. The number of benzene rings is 3. The van der Waals surface area contributed by atoms with E-state index < -0.39 is 0 Å². The van der Waals surface area contributed by atoms with Gasteiger partial charge in [-0.2, -0.15) is 0 Å². The van der Waals surface area contributed by atoms with E-state index in [0.717, 1.165) is 22.4 Å². The van der Waals surface area contributed by atoms with Crippen molar-refractivity contribution in [3.8, 4) is 5.75 Å². The molecule has 1 saturated heterocycles. The number of carbonyl (C=O) groups excluding carboxylic acids is 1. The van der Waals surface area contributed by atoms with Crippen molar-refractivity contribution >= 4 is 57.8 Å². The highest BCUT2D eigenvalue weighted by Crippen LogP contribution is 2.32. The van der Waals surface area contributed by atoms with Gasteiger partial charge in [0.1, 0.15) is 12.4 Å². The Bertz CT molecular complexity index is 1230. The van der Waals surface area contributed by atoms with Gasteiger partial charge in [-0.15, -0.1) is 0 Å². The summed E-state index contributed by atoms with van der Waals surface area (Å²) in [5.41, 5.74) is 4.70. The largest absolute Gasteiger partial charge is 0.488 e. The zero-order chi connectivity index (χ0) is 22.7. The van der Waals surface area contributed by atoms with Crippen LogP contribution in [-0.2, 0) is 11.4 Å². The summed E-state index contributed by atoms with van der Waals surface area (Å²) in [6, 6.07) is 18.8. The highest BCUT2D eigenvalue weighted by Gasteiger charge is 2.24. The van der Waals surface area contributed by atoms with Crippen molar-refractivity contribution in [3.05, 3.63) is 97.9 Å². The molecule has 1 aliphatic heterocycles. The fourth-order valence-corrected chi connectivity index (χ4v) is 4.53. The number of amidine groups is 1. The molecule has 0 unspecified atom stereocenters. The summed E-state index contributed by atoms with van der Waals surface area (Å²) < 4.78 is 5.99. The van der Waals surface area contributed by atoms with E-state index in [4.69, 9.17) is 27.9 Å². The Morgan fingerprint density at radius 1 is 1.00 bits per heavy atom. The van der Waals surface area contributed by atoms with E-state index in [-0.39, 0.29) is 5.91 Å². The van der Waals surface area contributed by atoms with Gasteiger partial charge in [0.25, 0.3) is 5.91 Å². The molecule has 0 spiro atoms. The monoisotopic (exact) mass is 482 g/mol. The molecule has 1 fully saturated rings. The molecule has 0 aromatic heterocycles. The van der Waals surface area contributed by atoms with Crippen molar-refractivity contribution < 1.29 is 9.53 Å². The number of hydrogen-bond donors (Lipinski definition) is 1. The molecular formula is C25H20Cl2N2O2S. The Hall–Kier alpha value is -2.73. The third kappa shape index (κ3) is 5.74. The minimum atomic E-state index is -0.209. The number of aryl methyl sites for hydroxylation is 2. The Morgan fingerprint density at radius 2 is 1.75 bits per heavy atom. The number of aliphatic imine (C=N–C) groups is 1. The topological polar surface area (TPSA) is 50.7 Å². The van der Waals surface area contributed by atoms with Crippen molar-refractivity contribution in [1.82, 2.24) is 5.32 Å². The normalized spacial score (nSPS) is 15.9. The molecule has 1 aliphatic rings. The van der Waals surface area contributed by atoms with Crippen molar-refractivity contribution in [2.75, 3.05) is 0 Å². The number of nitrogens with one attached hydrogen (secondary N) is 1. The van der Waals surface area contributed by atoms with E-state index >= 15 is 0 Å². The summed E-state index contributed by atoms with van der Waals surface area (Å²) in [6.07, 6.45) is 1.77. The second-order valence-corrected chi connectivity index (χ2v) is 9.33. The van der Waals surface area contributed by atoms with Gasteiger partial charge in [-0.1, -0.05) is 41.4 Å². The summed E-state index contributed by atoms with van der Waals surface area (Å²) in [5.74, 6) is 0.411. The number of thioether (sulfide) groups is 1. The van der Waals surface area contributed by atoms with E-state index in [1.807, 2.05) is 50.2 Å². The number of rotatable bonds is 5. The Kier molecular flexibility index (Phi) is 6.89. The average molecular weight is 483 g/mol. The lowest BCUT2D eigenvalue weighted by Gasteiger charge is -2.10. The number of carbonyl (C=O) groups is 1. The lowest BCUT2D eigenvalue weighted by atomic mass is 10.1. The molecule has 0 saturated carbocycles. The quantitative estimate of drug-likeness (QED) is 0.395. The molecule has 1 heterocycles. The zero-order valence-corrected chi connectivity index (χ0v) is 19.8. The van der Waals surface area contributed by atoms with Gasteiger partial charge in [0, 0.05) is 15.6 Å². The first-order chi connectivity index (χ1) is 15.4. The number of ether oxygens (including phenoxy) is 1. The second-order valence-electron chi connectivity index (χ2n) is 7.43. The highest BCUT2D eigenvalue weighted by molar-refractivity contribution is 8.18. The number of nitrogens with zero attached hydrogens (tertiary/aromatic N) is 1. The lowest BCUT2D eigenvalue weighted by molar-refractivity contribution is -0.115. The molecule has 4 nitrogen and oxygen atoms in total. The highest BCUT2D eigenvalue weighted by atomic mass is 35.5. The van der Waals surface area contributed by atoms with Crippen LogP contribution in [-0.4, -0.2) is 11.1 Å². The van der Waals surface area contributed by atoms with Crippen molar-refractivity contribution in [2.24, 2.45) is 4.99 Å². The number of halogens is 2. The van der Waals surface area contributed by atoms with Gasteiger partial charge in [-0.3, -0.25) is 4.79 Å². The first kappa shape index (κ1) is 22.5. The molecule has 0 bridgehead atoms. The fourth-order valence-electron chi connectivity index (χ4n) is 3.31. The zero-order valence-electron chi connectivity index (χ0n) is 17.5. The first-order valence-electron chi connectivity index (χ1n) is 9.90. The van der Waals surface area contributed by atoms with E-state index in [2.05, 4.69) is 16.4 Å². The SMILES string of the molecule is Cc1cc(C)cc(N=C2NC(=O)/C(=C/c3cc(Cl)ccc3OCc3cccc(Cl)c3)S2)c1. The van der Waals surface area contributed by atoms with Gasteiger partial charge in [0.05, 0.1) is 10.6 Å². The summed E-state index contributed by atoms with van der Waals surface area (Å²) in [4.78, 5) is 17.7. The third-order valence-corrected chi connectivity index (χ3v) is 6.01. The van der Waals surface area contributed by atoms with Crippen molar-refractivity contribution in [3.63, 3.8) is 0 Å². The van der Waals surface area contributed by atoms with Crippen LogP contribution in [0.3, 0.4) is 0 Å². The van der Waals surface area contributed by atoms with E-state index in [1.54, 1.807) is 24.3 Å². The maximum absolute atomic E-state index is 12.6. The van der Waals surface area contributed by atoms with Crippen LogP contribution in [0.5, 0.6) is 5.75 Å². The molecule has 4 rings (SSSR count). The molecule has 7 heteroatoms. The average Bonchev–Trinajstić information content (AvgIpc) is 3.05. The van der Waals surface area contributed by atoms with Crippen LogP contribution in [0.2, 0.25) is 10.0 Å². The maximum atomic E-state index is 12.6. The molecule has 1 N–H and O–H groups in total. The Morgan fingerprint density at radius 3 is 2.50 bits per heavy atom. The molecule has 0 atom stereocenters. The maximum Gasteiger partial charge on any atom is 0.264 e. The Balaban J connectivity index is 1.57. The molecule has 1 amide bonds.